The Hall–Kier alpha value is -2.23. The molecule has 5 rings (SSSR count). The number of pyridine rings is 1. The Morgan fingerprint density at radius 2 is 1.84 bits per heavy atom. The predicted octanol–water partition coefficient (Wildman–Crippen LogP) is 4.98. The molecule has 3 aromatic heterocycles. The molecule has 0 aliphatic heterocycles. The second kappa shape index (κ2) is 9.33. The van der Waals surface area contributed by atoms with Crippen LogP contribution in [0.2, 0.25) is 5.02 Å². The summed E-state index contributed by atoms with van der Waals surface area (Å²) in [7, 11) is 1.67. The molecule has 2 unspecified atom stereocenters. The van der Waals surface area contributed by atoms with Crippen molar-refractivity contribution in [1.29, 1.82) is 0 Å². The minimum atomic E-state index is -0.290. The topological polar surface area (TPSA) is 90.6 Å². The molecule has 2 aliphatic rings. The second-order valence-electron chi connectivity index (χ2n) is 8.47. The van der Waals surface area contributed by atoms with Gasteiger partial charge in [0.15, 0.2) is 11.6 Å². The average molecular weight is 472 g/mol. The molecule has 3 heterocycles. The fourth-order valence-electron chi connectivity index (χ4n) is 4.20. The van der Waals surface area contributed by atoms with Crippen LogP contribution in [0.3, 0.4) is 0 Å². The molecule has 0 aromatic carbocycles. The Labute approximate surface area is 196 Å². The van der Waals surface area contributed by atoms with Gasteiger partial charge in [-0.2, -0.15) is 0 Å². The van der Waals surface area contributed by atoms with E-state index in [-0.39, 0.29) is 11.4 Å². The Morgan fingerprint density at radius 1 is 1.12 bits per heavy atom. The van der Waals surface area contributed by atoms with Crippen LogP contribution in [0, 0.1) is 11.8 Å². The first-order valence-corrected chi connectivity index (χ1v) is 12.2. The van der Waals surface area contributed by atoms with Gasteiger partial charge in [0.25, 0.3) is 0 Å². The normalized spacial score (nSPS) is 18.0. The molecule has 1 N–H and O–H groups in total. The van der Waals surface area contributed by atoms with Crippen molar-refractivity contribution < 1.29 is 4.74 Å². The van der Waals surface area contributed by atoms with Gasteiger partial charge in [0, 0.05) is 43.5 Å². The van der Waals surface area contributed by atoms with Gasteiger partial charge in [-0.3, -0.25) is 14.3 Å². The number of hydrogen-bond acceptors (Lipinski definition) is 8. The van der Waals surface area contributed by atoms with E-state index in [1.54, 1.807) is 25.7 Å². The molecule has 168 valence electrons. The predicted molar refractivity (Wildman–Crippen MR) is 125 cm³/mol. The van der Waals surface area contributed by atoms with Crippen LogP contribution in [0.4, 0.5) is 5.95 Å². The zero-order chi connectivity index (χ0) is 22.1. The van der Waals surface area contributed by atoms with Crippen molar-refractivity contribution in [2.24, 2.45) is 11.8 Å². The zero-order valence-corrected chi connectivity index (χ0v) is 19.6. The average Bonchev–Trinajstić information content (AvgIpc) is 3.74. The molecule has 0 spiro atoms. The van der Waals surface area contributed by atoms with Crippen LogP contribution in [-0.4, -0.2) is 42.1 Å². The summed E-state index contributed by atoms with van der Waals surface area (Å²) in [5.41, 5.74) is 0.988. The van der Waals surface area contributed by atoms with Crippen LogP contribution in [0.5, 0.6) is 0 Å². The van der Waals surface area contributed by atoms with Crippen molar-refractivity contribution in [3.8, 4) is 11.4 Å². The van der Waals surface area contributed by atoms with Gasteiger partial charge in [-0.25, -0.2) is 9.97 Å². The monoisotopic (exact) mass is 471 g/mol. The van der Waals surface area contributed by atoms with E-state index in [2.05, 4.69) is 41.4 Å². The van der Waals surface area contributed by atoms with E-state index < -0.39 is 0 Å². The molecule has 2 saturated carbocycles. The molecule has 2 atom stereocenters. The summed E-state index contributed by atoms with van der Waals surface area (Å²) in [6, 6.07) is 4.41. The van der Waals surface area contributed by atoms with Crippen LogP contribution < -0.4 is 4.72 Å². The zero-order valence-electron chi connectivity index (χ0n) is 18.1. The lowest BCUT2D eigenvalue weighted by molar-refractivity contribution is 0.0972. The van der Waals surface area contributed by atoms with Gasteiger partial charge >= 0.3 is 0 Å². The molecule has 2 aliphatic carbocycles. The summed E-state index contributed by atoms with van der Waals surface area (Å²) >= 11 is 7.47. The minimum absolute atomic E-state index is 0.0217. The SMILES string of the molecule is COC(c1ncc(Cl)cn1)C(C)SNc1nnc(-c2cccnc2)n1C(C1CC1)C1CC1. The Bertz CT molecular complexity index is 1030. The Kier molecular flexibility index (Phi) is 6.30. The van der Waals surface area contributed by atoms with Gasteiger partial charge in [-0.15, -0.1) is 10.2 Å². The van der Waals surface area contributed by atoms with Gasteiger partial charge in [-0.1, -0.05) is 11.6 Å². The van der Waals surface area contributed by atoms with E-state index in [4.69, 9.17) is 16.3 Å². The van der Waals surface area contributed by atoms with E-state index in [1.165, 1.54) is 37.6 Å². The number of ether oxygens (including phenoxy) is 1. The number of anilines is 1. The first-order chi connectivity index (χ1) is 15.7. The summed E-state index contributed by atoms with van der Waals surface area (Å²) in [5.74, 6) is 3.65. The van der Waals surface area contributed by atoms with Gasteiger partial charge in [0.05, 0.1) is 10.3 Å². The van der Waals surface area contributed by atoms with Crippen molar-refractivity contribution in [3.63, 3.8) is 0 Å². The maximum absolute atomic E-state index is 5.94. The fraction of sp³-hybridized carbons (Fsp3) is 0.500. The Morgan fingerprint density at radius 3 is 2.44 bits per heavy atom. The summed E-state index contributed by atoms with van der Waals surface area (Å²) in [5, 5.41) is 9.63. The van der Waals surface area contributed by atoms with Crippen LogP contribution in [0.1, 0.15) is 50.6 Å². The molecule has 10 heteroatoms. The van der Waals surface area contributed by atoms with Gasteiger partial charge in [-0.05, 0) is 68.5 Å². The first kappa shape index (κ1) is 21.6. The second-order valence-corrected chi connectivity index (χ2v) is 10.1. The van der Waals surface area contributed by atoms with E-state index in [1.807, 2.05) is 18.3 Å². The summed E-state index contributed by atoms with van der Waals surface area (Å²) < 4.78 is 11.5. The number of hydrogen-bond donors (Lipinski definition) is 1. The lowest BCUT2D eigenvalue weighted by Gasteiger charge is -2.24. The summed E-state index contributed by atoms with van der Waals surface area (Å²) in [6.45, 7) is 2.08. The lowest BCUT2D eigenvalue weighted by Crippen LogP contribution is -2.20. The van der Waals surface area contributed by atoms with E-state index in [0.717, 1.165) is 17.3 Å². The molecule has 32 heavy (non-hydrogen) atoms. The van der Waals surface area contributed by atoms with Crippen LogP contribution in [0.15, 0.2) is 36.9 Å². The number of halogens is 1. The lowest BCUT2D eigenvalue weighted by atomic mass is 10.1. The van der Waals surface area contributed by atoms with Crippen molar-refractivity contribution in [3.05, 3.63) is 47.8 Å². The highest BCUT2D eigenvalue weighted by atomic mass is 35.5. The standard InChI is InChI=1S/C22H26ClN7OS/c1-13(19(31-2)20-25-11-17(23)12-26-20)32-29-22-28-27-21(16-4-3-9-24-10-16)30(22)18(14-5-6-14)15-7-8-15/h3-4,9-15,18-19H,5-8H2,1-2H3,(H,28,29). The summed E-state index contributed by atoms with van der Waals surface area (Å²) in [6.07, 6.45) is 11.6. The molecule has 0 bridgehead atoms. The molecule has 0 radical (unpaired) electrons. The van der Waals surface area contributed by atoms with Crippen molar-refractivity contribution in [1.82, 2.24) is 29.7 Å². The molecule has 8 nitrogen and oxygen atoms in total. The molecule has 3 aromatic rings. The largest absolute Gasteiger partial charge is 0.372 e. The van der Waals surface area contributed by atoms with Gasteiger partial charge in [0.2, 0.25) is 5.95 Å². The molecule has 2 fully saturated rings. The van der Waals surface area contributed by atoms with Crippen LogP contribution >= 0.6 is 23.5 Å². The number of aromatic nitrogens is 6. The number of nitrogens with one attached hydrogen (secondary N) is 1. The van der Waals surface area contributed by atoms with Gasteiger partial charge in [0.1, 0.15) is 6.10 Å². The highest BCUT2D eigenvalue weighted by Gasteiger charge is 2.44. The third-order valence-corrected chi connectivity index (χ3v) is 7.15. The highest BCUT2D eigenvalue weighted by molar-refractivity contribution is 8.01. The number of rotatable bonds is 10. The van der Waals surface area contributed by atoms with E-state index >= 15 is 0 Å². The maximum atomic E-state index is 5.94. The molecule has 0 saturated heterocycles. The quantitative estimate of drug-likeness (QED) is 0.414. The molecular formula is C22H26ClN7OS. The maximum Gasteiger partial charge on any atom is 0.235 e. The Balaban J connectivity index is 1.39. The van der Waals surface area contributed by atoms with Crippen molar-refractivity contribution in [2.75, 3.05) is 11.8 Å². The highest BCUT2D eigenvalue weighted by Crippen LogP contribution is 2.53. The molecular weight excluding hydrogens is 446 g/mol. The minimum Gasteiger partial charge on any atom is -0.372 e. The van der Waals surface area contributed by atoms with Crippen molar-refractivity contribution in [2.45, 2.75) is 50.0 Å². The number of methoxy groups -OCH3 is 1. The number of nitrogens with zero attached hydrogens (tertiary/aromatic N) is 6. The van der Waals surface area contributed by atoms with E-state index in [0.29, 0.717) is 28.7 Å². The first-order valence-electron chi connectivity index (χ1n) is 10.9. The third kappa shape index (κ3) is 4.60. The van der Waals surface area contributed by atoms with Crippen molar-refractivity contribution >= 4 is 29.5 Å². The summed E-state index contributed by atoms with van der Waals surface area (Å²) in [4.78, 5) is 13.0. The van der Waals surface area contributed by atoms with Crippen LogP contribution in [0.25, 0.3) is 11.4 Å². The fourth-order valence-corrected chi connectivity index (χ4v) is 5.09. The van der Waals surface area contributed by atoms with Crippen LogP contribution in [-0.2, 0) is 4.74 Å². The molecule has 0 amide bonds. The van der Waals surface area contributed by atoms with Gasteiger partial charge < -0.3 is 4.74 Å². The third-order valence-electron chi connectivity index (χ3n) is 6.03. The smallest absolute Gasteiger partial charge is 0.235 e. The van der Waals surface area contributed by atoms with E-state index in [9.17, 15) is 0 Å².